The van der Waals surface area contributed by atoms with Gasteiger partial charge in [-0.3, -0.25) is 0 Å². The fourth-order valence-corrected chi connectivity index (χ4v) is 5.05. The Bertz CT molecular complexity index is 1190. The van der Waals surface area contributed by atoms with Crippen LogP contribution >= 0.6 is 11.3 Å². The van der Waals surface area contributed by atoms with Gasteiger partial charge >= 0.3 is 6.18 Å². The van der Waals surface area contributed by atoms with Crippen LogP contribution in [0.3, 0.4) is 0 Å². The van der Waals surface area contributed by atoms with Crippen LogP contribution in [0.5, 0.6) is 5.88 Å². The molecule has 190 valence electrons. The number of nitrogens with zero attached hydrogens (tertiary/aromatic N) is 4. The zero-order chi connectivity index (χ0) is 25.3. The zero-order valence-electron chi connectivity index (χ0n) is 18.9. The van der Waals surface area contributed by atoms with Gasteiger partial charge in [0.1, 0.15) is 29.0 Å². The normalized spacial score (nSPS) is 22.5. The zero-order valence-corrected chi connectivity index (χ0v) is 19.7. The van der Waals surface area contributed by atoms with E-state index in [2.05, 4.69) is 30.6 Å². The number of hydrogen-bond donors (Lipinski definition) is 5. The van der Waals surface area contributed by atoms with Crippen LogP contribution in [-0.2, 0) is 0 Å². The van der Waals surface area contributed by atoms with Crippen LogP contribution in [0, 0.1) is 12.8 Å². The van der Waals surface area contributed by atoms with Gasteiger partial charge < -0.3 is 30.7 Å². The number of pyridine rings is 1. The van der Waals surface area contributed by atoms with E-state index in [0.717, 1.165) is 4.70 Å². The second-order valence-electron chi connectivity index (χ2n) is 8.15. The summed E-state index contributed by atoms with van der Waals surface area (Å²) in [5.41, 5.74) is 1.31. The summed E-state index contributed by atoms with van der Waals surface area (Å²) in [6.45, 7) is 2.18. The molecule has 1 fully saturated rings. The predicted octanol–water partition coefficient (Wildman–Crippen LogP) is 2.34. The number of aryl methyl sites for hydroxylation is 1. The molecule has 3 aromatic heterocycles. The van der Waals surface area contributed by atoms with E-state index in [-0.39, 0.29) is 24.8 Å². The summed E-state index contributed by atoms with van der Waals surface area (Å²) in [6.07, 6.45) is -5.03. The molecule has 0 spiro atoms. The molecule has 0 aromatic carbocycles. The van der Waals surface area contributed by atoms with Crippen molar-refractivity contribution in [2.45, 2.75) is 44.7 Å². The summed E-state index contributed by atoms with van der Waals surface area (Å²) < 4.78 is 44.6. The van der Waals surface area contributed by atoms with Crippen molar-refractivity contribution in [3.63, 3.8) is 0 Å². The van der Waals surface area contributed by atoms with Gasteiger partial charge in [-0.05, 0) is 26.3 Å². The second kappa shape index (κ2) is 10.0. The molecule has 0 saturated heterocycles. The smallest absolute Gasteiger partial charge is 0.405 e. The van der Waals surface area contributed by atoms with Crippen molar-refractivity contribution in [1.29, 1.82) is 0 Å². The maximum absolute atomic E-state index is 12.8. The molecular formula is C21H25F3N6O4S. The number of hydrogen-bond acceptors (Lipinski definition) is 11. The summed E-state index contributed by atoms with van der Waals surface area (Å²) >= 11 is 1.30. The first-order valence-electron chi connectivity index (χ1n) is 10.9. The molecule has 3 aromatic rings. The molecule has 10 nitrogen and oxygen atoms in total. The van der Waals surface area contributed by atoms with E-state index < -0.39 is 36.9 Å². The highest BCUT2D eigenvalue weighted by Crippen LogP contribution is 2.39. The summed E-state index contributed by atoms with van der Waals surface area (Å²) in [5, 5.41) is 35.9. The average Bonchev–Trinajstić information content (AvgIpc) is 3.34. The Hall–Kier alpha value is -2.81. The molecule has 4 rings (SSSR count). The third-order valence-electron chi connectivity index (χ3n) is 5.66. The molecule has 1 aliphatic rings. The molecule has 4 unspecified atom stereocenters. The maximum atomic E-state index is 12.8. The summed E-state index contributed by atoms with van der Waals surface area (Å²) in [4.78, 5) is 17.3. The number of rotatable bonds is 8. The molecule has 0 radical (unpaired) electrons. The van der Waals surface area contributed by atoms with Crippen molar-refractivity contribution in [3.05, 3.63) is 18.0 Å². The van der Waals surface area contributed by atoms with E-state index in [1.165, 1.54) is 11.3 Å². The minimum Gasteiger partial charge on any atom is -0.476 e. The number of aromatic nitrogens is 4. The van der Waals surface area contributed by atoms with Crippen LogP contribution in [-0.4, -0.2) is 79.4 Å². The van der Waals surface area contributed by atoms with Gasteiger partial charge in [-0.25, -0.2) is 15.0 Å². The highest BCUT2D eigenvalue weighted by atomic mass is 32.1. The van der Waals surface area contributed by atoms with E-state index in [9.17, 15) is 28.5 Å². The van der Waals surface area contributed by atoms with E-state index in [0.29, 0.717) is 34.3 Å². The standard InChI is InChI=1S/C21H25F3N6O4S/c1-3-34-18-14-12(4-5-25-18)35-19(29-14)13-9(2)27-20(26-8-21(22,23)24)30-17(13)28-11-6-10(7-31)15(32)16(11)33/h4-5,10-11,15-16,31-33H,3,6-8H2,1-2H3,(H2,26,27,28,30). The fourth-order valence-electron chi connectivity index (χ4n) is 4.00. The van der Waals surface area contributed by atoms with Crippen LogP contribution in [0.4, 0.5) is 24.9 Å². The van der Waals surface area contributed by atoms with Crippen LogP contribution in [0.25, 0.3) is 20.8 Å². The van der Waals surface area contributed by atoms with Crippen LogP contribution in [0.1, 0.15) is 19.0 Å². The van der Waals surface area contributed by atoms with Gasteiger partial charge in [0.05, 0.1) is 34.7 Å². The quantitative estimate of drug-likeness (QED) is 0.304. The number of aliphatic hydroxyl groups excluding tert-OH is 3. The minimum atomic E-state index is -4.47. The predicted molar refractivity (Wildman–Crippen MR) is 124 cm³/mol. The lowest BCUT2D eigenvalue weighted by atomic mass is 10.1. The first-order chi connectivity index (χ1) is 16.6. The molecule has 4 atom stereocenters. The monoisotopic (exact) mass is 514 g/mol. The third-order valence-corrected chi connectivity index (χ3v) is 6.70. The van der Waals surface area contributed by atoms with Gasteiger partial charge in [-0.15, -0.1) is 11.3 Å². The van der Waals surface area contributed by atoms with Crippen molar-refractivity contribution >= 4 is 33.3 Å². The summed E-state index contributed by atoms with van der Waals surface area (Å²) in [5.74, 6) is -0.319. The van der Waals surface area contributed by atoms with E-state index in [1.54, 1.807) is 19.2 Å². The second-order valence-corrected chi connectivity index (χ2v) is 9.18. The van der Waals surface area contributed by atoms with Gasteiger partial charge in [0.2, 0.25) is 11.8 Å². The molecule has 0 amide bonds. The Balaban J connectivity index is 1.77. The van der Waals surface area contributed by atoms with Crippen molar-refractivity contribution in [3.8, 4) is 16.5 Å². The third kappa shape index (κ3) is 5.39. The Morgan fingerprint density at radius 1 is 1.20 bits per heavy atom. The van der Waals surface area contributed by atoms with E-state index >= 15 is 0 Å². The number of nitrogens with one attached hydrogen (secondary N) is 2. The number of halogens is 3. The Morgan fingerprint density at radius 3 is 2.63 bits per heavy atom. The van der Waals surface area contributed by atoms with E-state index in [1.807, 2.05) is 6.92 Å². The topological polar surface area (TPSA) is 146 Å². The number of anilines is 2. The first-order valence-corrected chi connectivity index (χ1v) is 11.7. The van der Waals surface area contributed by atoms with Gasteiger partial charge in [0, 0.05) is 18.7 Å². The Kier molecular flexibility index (Phi) is 7.26. The maximum Gasteiger partial charge on any atom is 0.405 e. The number of fused-ring (bicyclic) bond motifs is 1. The SMILES string of the molecule is CCOc1nccc2sc(-c3c(C)nc(NCC(F)(F)F)nc3NC3CC(CO)C(O)C3O)nc12. The fraction of sp³-hybridized carbons (Fsp3) is 0.524. The lowest BCUT2D eigenvalue weighted by Gasteiger charge is -2.21. The molecule has 5 N–H and O–H groups in total. The highest BCUT2D eigenvalue weighted by Gasteiger charge is 2.41. The van der Waals surface area contributed by atoms with Crippen LogP contribution < -0.4 is 15.4 Å². The molecular weight excluding hydrogens is 489 g/mol. The van der Waals surface area contributed by atoms with Crippen molar-refractivity contribution < 1.29 is 33.2 Å². The average molecular weight is 515 g/mol. The van der Waals surface area contributed by atoms with Crippen LogP contribution in [0.2, 0.25) is 0 Å². The molecule has 0 aliphatic heterocycles. The lowest BCUT2D eigenvalue weighted by molar-refractivity contribution is -0.115. The Morgan fingerprint density at radius 2 is 1.97 bits per heavy atom. The number of ether oxygens (including phenoxy) is 1. The van der Waals surface area contributed by atoms with Gasteiger partial charge in [-0.2, -0.15) is 18.2 Å². The van der Waals surface area contributed by atoms with Gasteiger partial charge in [-0.1, -0.05) is 0 Å². The van der Waals surface area contributed by atoms with Gasteiger partial charge in [0.25, 0.3) is 0 Å². The minimum absolute atomic E-state index is 0.141. The molecule has 1 aliphatic carbocycles. The van der Waals surface area contributed by atoms with Crippen molar-refractivity contribution in [2.75, 3.05) is 30.4 Å². The largest absolute Gasteiger partial charge is 0.476 e. The molecule has 14 heteroatoms. The molecule has 35 heavy (non-hydrogen) atoms. The highest BCUT2D eigenvalue weighted by molar-refractivity contribution is 7.21. The summed E-state index contributed by atoms with van der Waals surface area (Å²) in [7, 11) is 0. The summed E-state index contributed by atoms with van der Waals surface area (Å²) in [6, 6.07) is 1.06. The number of aliphatic hydroxyl groups is 3. The molecule has 0 bridgehead atoms. The first kappa shape index (κ1) is 25.3. The lowest BCUT2D eigenvalue weighted by Crippen LogP contribution is -2.36. The molecule has 1 saturated carbocycles. The molecule has 3 heterocycles. The van der Waals surface area contributed by atoms with Crippen LogP contribution in [0.15, 0.2) is 12.3 Å². The van der Waals surface area contributed by atoms with Crippen molar-refractivity contribution in [2.24, 2.45) is 5.92 Å². The number of thiazole rings is 1. The number of alkyl halides is 3. The van der Waals surface area contributed by atoms with Gasteiger partial charge in [0.15, 0.2) is 0 Å². The van der Waals surface area contributed by atoms with Crippen molar-refractivity contribution in [1.82, 2.24) is 19.9 Å². The Labute approximate surface area is 202 Å². The van der Waals surface area contributed by atoms with E-state index in [4.69, 9.17) is 4.74 Å².